The fraction of sp³-hybridized carbons (Fsp3) is 0.571. The normalized spacial score (nSPS) is 23.5. The smallest absolute Gasteiger partial charge is 0.240 e. The summed E-state index contributed by atoms with van der Waals surface area (Å²) >= 11 is 1.96. The van der Waals surface area contributed by atoms with Gasteiger partial charge in [-0.15, -0.1) is 0 Å². The maximum atomic E-state index is 11.6. The van der Waals surface area contributed by atoms with Crippen LogP contribution in [0, 0.1) is 0 Å². The van der Waals surface area contributed by atoms with E-state index in [2.05, 4.69) is 16.3 Å². The molecule has 1 saturated carbocycles. The number of hydrogen-bond acceptors (Lipinski definition) is 4. The quantitative estimate of drug-likeness (QED) is 0.877. The highest BCUT2D eigenvalue weighted by Gasteiger charge is 2.20. The zero-order valence-electron chi connectivity index (χ0n) is 11.9. The molecular formula is C14H22N2O2S2. The molecule has 1 fully saturated rings. The number of benzene rings is 1. The molecule has 0 saturated heterocycles. The molecular weight excluding hydrogens is 292 g/mol. The van der Waals surface area contributed by atoms with Gasteiger partial charge >= 0.3 is 0 Å². The molecule has 0 aliphatic heterocycles. The molecule has 112 valence electrons. The molecule has 1 aliphatic carbocycles. The summed E-state index contributed by atoms with van der Waals surface area (Å²) in [6.07, 6.45) is 7.06. The lowest BCUT2D eigenvalue weighted by atomic mass is 9.95. The standard InChI is InChI=1S/C14H22N2O2S2/c1-15-20(17,18)14-9-5-12(6-10-14)16-11-3-7-13(19-2)8-4-11/h5-6,9-11,13,15-16H,3-4,7-8H2,1-2H3. The first kappa shape index (κ1) is 15.7. The Morgan fingerprint density at radius 1 is 1.10 bits per heavy atom. The highest BCUT2D eigenvalue weighted by Crippen LogP contribution is 2.28. The fourth-order valence-corrected chi connectivity index (χ4v) is 4.00. The molecule has 6 heteroatoms. The van der Waals surface area contributed by atoms with Gasteiger partial charge in [-0.25, -0.2) is 13.1 Å². The summed E-state index contributed by atoms with van der Waals surface area (Å²) in [4.78, 5) is 0.302. The molecule has 0 radical (unpaired) electrons. The molecule has 0 amide bonds. The van der Waals surface area contributed by atoms with Crippen LogP contribution in [0.15, 0.2) is 29.2 Å². The van der Waals surface area contributed by atoms with Crippen molar-refractivity contribution < 1.29 is 8.42 Å². The Balaban J connectivity index is 1.95. The van der Waals surface area contributed by atoms with Gasteiger partial charge in [0.2, 0.25) is 10.0 Å². The lowest BCUT2D eigenvalue weighted by Gasteiger charge is -2.28. The summed E-state index contributed by atoms with van der Waals surface area (Å²) in [5.41, 5.74) is 0.993. The average Bonchev–Trinajstić information content (AvgIpc) is 2.48. The molecule has 0 unspecified atom stereocenters. The van der Waals surface area contributed by atoms with Crippen LogP contribution in [0.4, 0.5) is 5.69 Å². The monoisotopic (exact) mass is 314 g/mol. The van der Waals surface area contributed by atoms with Gasteiger partial charge in [0.05, 0.1) is 4.90 Å². The van der Waals surface area contributed by atoms with E-state index >= 15 is 0 Å². The summed E-state index contributed by atoms with van der Waals surface area (Å²) < 4.78 is 25.6. The van der Waals surface area contributed by atoms with Gasteiger partial charge in [-0.05, 0) is 63.3 Å². The number of anilines is 1. The van der Waals surface area contributed by atoms with Crippen LogP contribution in [0.3, 0.4) is 0 Å². The number of sulfonamides is 1. The van der Waals surface area contributed by atoms with E-state index in [1.54, 1.807) is 12.1 Å². The summed E-state index contributed by atoms with van der Waals surface area (Å²) in [6, 6.07) is 7.46. The Morgan fingerprint density at radius 3 is 2.20 bits per heavy atom. The summed E-state index contributed by atoms with van der Waals surface area (Å²) in [5.74, 6) is 0. The van der Waals surface area contributed by atoms with E-state index in [1.165, 1.54) is 32.7 Å². The van der Waals surface area contributed by atoms with Crippen LogP contribution >= 0.6 is 11.8 Å². The van der Waals surface area contributed by atoms with Gasteiger partial charge in [0.1, 0.15) is 0 Å². The van der Waals surface area contributed by atoms with Crippen LogP contribution in [-0.2, 0) is 10.0 Å². The van der Waals surface area contributed by atoms with Gasteiger partial charge in [0, 0.05) is 17.0 Å². The fourth-order valence-electron chi connectivity index (χ4n) is 2.53. The van der Waals surface area contributed by atoms with E-state index in [4.69, 9.17) is 0 Å². The predicted molar refractivity (Wildman–Crippen MR) is 85.9 cm³/mol. The molecule has 4 nitrogen and oxygen atoms in total. The third-order valence-corrected chi connectivity index (χ3v) is 6.38. The molecule has 0 spiro atoms. The Bertz CT molecular complexity index is 521. The van der Waals surface area contributed by atoms with Crippen molar-refractivity contribution in [3.8, 4) is 0 Å². The van der Waals surface area contributed by atoms with Gasteiger partial charge in [0.25, 0.3) is 0 Å². The highest BCUT2D eigenvalue weighted by molar-refractivity contribution is 7.99. The van der Waals surface area contributed by atoms with Gasteiger partial charge in [0.15, 0.2) is 0 Å². The molecule has 20 heavy (non-hydrogen) atoms. The van der Waals surface area contributed by atoms with Crippen molar-refractivity contribution in [1.29, 1.82) is 0 Å². The van der Waals surface area contributed by atoms with Crippen molar-refractivity contribution in [2.45, 2.75) is 41.9 Å². The van der Waals surface area contributed by atoms with Crippen molar-refractivity contribution in [3.63, 3.8) is 0 Å². The average molecular weight is 314 g/mol. The first-order valence-electron chi connectivity index (χ1n) is 6.88. The van der Waals surface area contributed by atoms with Crippen LogP contribution in [-0.4, -0.2) is 33.0 Å². The summed E-state index contributed by atoms with van der Waals surface area (Å²) in [7, 11) is -1.92. The van der Waals surface area contributed by atoms with Crippen molar-refractivity contribution in [2.24, 2.45) is 0 Å². The van der Waals surface area contributed by atoms with Crippen molar-refractivity contribution in [3.05, 3.63) is 24.3 Å². The molecule has 2 rings (SSSR count). The Kier molecular flexibility index (Phi) is 5.35. The van der Waals surface area contributed by atoms with Crippen LogP contribution in [0.5, 0.6) is 0 Å². The molecule has 2 N–H and O–H groups in total. The van der Waals surface area contributed by atoms with Crippen molar-refractivity contribution >= 4 is 27.5 Å². The van der Waals surface area contributed by atoms with E-state index in [-0.39, 0.29) is 0 Å². The minimum atomic E-state index is -3.34. The maximum Gasteiger partial charge on any atom is 0.240 e. The third kappa shape index (κ3) is 3.90. The molecule has 0 atom stereocenters. The summed E-state index contributed by atoms with van der Waals surface area (Å²) in [5, 5.41) is 4.30. The summed E-state index contributed by atoms with van der Waals surface area (Å²) in [6.45, 7) is 0. The Hall–Kier alpha value is -0.720. The predicted octanol–water partition coefficient (Wildman–Crippen LogP) is 2.68. The lowest BCUT2D eigenvalue weighted by molar-refractivity contribution is 0.473. The lowest BCUT2D eigenvalue weighted by Crippen LogP contribution is -2.27. The third-order valence-electron chi connectivity index (χ3n) is 3.81. The minimum absolute atomic E-state index is 0.302. The number of thioether (sulfide) groups is 1. The largest absolute Gasteiger partial charge is 0.382 e. The minimum Gasteiger partial charge on any atom is -0.382 e. The number of rotatable bonds is 5. The second-order valence-electron chi connectivity index (χ2n) is 5.09. The Morgan fingerprint density at radius 2 is 1.70 bits per heavy atom. The van der Waals surface area contributed by atoms with Crippen LogP contribution < -0.4 is 10.0 Å². The topological polar surface area (TPSA) is 58.2 Å². The molecule has 0 aromatic heterocycles. The van der Waals surface area contributed by atoms with Crippen LogP contribution in [0.2, 0.25) is 0 Å². The molecule has 1 aromatic rings. The second-order valence-corrected chi connectivity index (χ2v) is 8.11. The molecule has 0 heterocycles. The maximum absolute atomic E-state index is 11.6. The molecule has 0 bridgehead atoms. The van der Waals surface area contributed by atoms with Gasteiger partial charge < -0.3 is 5.32 Å². The SMILES string of the molecule is CNS(=O)(=O)c1ccc(NC2CCC(SC)CC2)cc1. The van der Waals surface area contributed by atoms with E-state index in [1.807, 2.05) is 23.9 Å². The molecule has 1 aliphatic rings. The van der Waals surface area contributed by atoms with Crippen LogP contribution in [0.1, 0.15) is 25.7 Å². The van der Waals surface area contributed by atoms with Gasteiger partial charge in [-0.3, -0.25) is 0 Å². The number of nitrogens with one attached hydrogen (secondary N) is 2. The van der Waals surface area contributed by atoms with E-state index in [0.717, 1.165) is 10.9 Å². The van der Waals surface area contributed by atoms with Crippen molar-refractivity contribution in [2.75, 3.05) is 18.6 Å². The van der Waals surface area contributed by atoms with E-state index < -0.39 is 10.0 Å². The van der Waals surface area contributed by atoms with Crippen LogP contribution in [0.25, 0.3) is 0 Å². The van der Waals surface area contributed by atoms with E-state index in [9.17, 15) is 8.42 Å². The van der Waals surface area contributed by atoms with E-state index in [0.29, 0.717) is 10.9 Å². The van der Waals surface area contributed by atoms with Gasteiger partial charge in [-0.2, -0.15) is 11.8 Å². The van der Waals surface area contributed by atoms with Gasteiger partial charge in [-0.1, -0.05) is 0 Å². The second kappa shape index (κ2) is 6.83. The number of hydrogen-bond donors (Lipinski definition) is 2. The molecule has 1 aromatic carbocycles. The first-order valence-corrected chi connectivity index (χ1v) is 9.65. The Labute approximate surface area is 125 Å². The zero-order chi connectivity index (χ0) is 14.6. The zero-order valence-corrected chi connectivity index (χ0v) is 13.6. The first-order chi connectivity index (χ1) is 9.55. The highest BCUT2D eigenvalue weighted by atomic mass is 32.2. The van der Waals surface area contributed by atoms with Crippen molar-refractivity contribution in [1.82, 2.24) is 4.72 Å².